The molecule has 0 saturated heterocycles. The topological polar surface area (TPSA) is 71.1 Å². The molecule has 3 rings (SSSR count). The van der Waals surface area contributed by atoms with Crippen LogP contribution in [0.1, 0.15) is 37.6 Å². The van der Waals surface area contributed by atoms with Crippen molar-refractivity contribution in [2.24, 2.45) is 5.41 Å². The highest BCUT2D eigenvalue weighted by Crippen LogP contribution is 2.29. The number of carbonyl (C=O) groups excluding carboxylic acids is 2. The lowest BCUT2D eigenvalue weighted by molar-refractivity contribution is -0.117. The minimum absolute atomic E-state index is 0.0495. The molecule has 0 saturated carbocycles. The number of rotatable bonds is 5. The maximum absolute atomic E-state index is 12.8. The van der Waals surface area contributed by atoms with Crippen LogP contribution in [0.25, 0.3) is 11.1 Å². The van der Waals surface area contributed by atoms with Crippen molar-refractivity contribution in [1.82, 2.24) is 4.98 Å². The third-order valence-electron chi connectivity index (χ3n) is 3.98. The van der Waals surface area contributed by atoms with Gasteiger partial charge in [0.1, 0.15) is 0 Å². The van der Waals surface area contributed by atoms with E-state index in [0.29, 0.717) is 22.8 Å². The van der Waals surface area contributed by atoms with Crippen molar-refractivity contribution < 1.29 is 9.59 Å². The maximum atomic E-state index is 12.8. The molecule has 0 bridgehead atoms. The van der Waals surface area contributed by atoms with E-state index in [1.165, 1.54) is 11.3 Å². The van der Waals surface area contributed by atoms with E-state index in [4.69, 9.17) is 0 Å². The second-order valence-electron chi connectivity index (χ2n) is 7.70. The highest BCUT2D eigenvalue weighted by molar-refractivity contribution is 7.13. The van der Waals surface area contributed by atoms with Gasteiger partial charge in [-0.15, -0.1) is 11.3 Å². The average molecular weight is 394 g/mol. The molecule has 0 atom stereocenters. The summed E-state index contributed by atoms with van der Waals surface area (Å²) in [4.78, 5) is 29.2. The van der Waals surface area contributed by atoms with Crippen LogP contribution in [0.4, 0.5) is 10.8 Å². The predicted molar refractivity (Wildman–Crippen MR) is 115 cm³/mol. The van der Waals surface area contributed by atoms with Crippen molar-refractivity contribution in [2.45, 2.75) is 27.2 Å². The van der Waals surface area contributed by atoms with Crippen molar-refractivity contribution >= 4 is 34.0 Å². The van der Waals surface area contributed by atoms with Crippen LogP contribution in [0.3, 0.4) is 0 Å². The van der Waals surface area contributed by atoms with E-state index in [2.05, 4.69) is 15.6 Å². The summed E-state index contributed by atoms with van der Waals surface area (Å²) in [6.45, 7) is 6.07. The summed E-state index contributed by atoms with van der Waals surface area (Å²) in [5.74, 6) is -0.284. The Kier molecular flexibility index (Phi) is 5.90. The third kappa shape index (κ3) is 5.27. The first-order chi connectivity index (χ1) is 13.3. The van der Waals surface area contributed by atoms with Gasteiger partial charge in [0.2, 0.25) is 5.91 Å². The average Bonchev–Trinajstić information content (AvgIpc) is 3.13. The molecule has 5 nitrogen and oxygen atoms in total. The molecule has 0 aliphatic rings. The van der Waals surface area contributed by atoms with Gasteiger partial charge in [0.05, 0.1) is 0 Å². The Balaban J connectivity index is 1.92. The summed E-state index contributed by atoms with van der Waals surface area (Å²) in [6, 6.07) is 15.0. The highest BCUT2D eigenvalue weighted by Gasteiger charge is 2.18. The van der Waals surface area contributed by atoms with Crippen LogP contribution >= 0.6 is 11.3 Å². The number of benzene rings is 2. The molecule has 0 unspecified atom stereocenters. The summed E-state index contributed by atoms with van der Waals surface area (Å²) in [6.07, 6.45) is 2.06. The number of thiazole rings is 1. The van der Waals surface area contributed by atoms with Gasteiger partial charge in [-0.05, 0) is 34.7 Å². The van der Waals surface area contributed by atoms with Gasteiger partial charge < -0.3 is 5.32 Å². The quantitative estimate of drug-likeness (QED) is 0.606. The largest absolute Gasteiger partial charge is 0.326 e. The zero-order valence-corrected chi connectivity index (χ0v) is 17.0. The summed E-state index contributed by atoms with van der Waals surface area (Å²) in [5.41, 5.74) is 2.75. The molecule has 2 amide bonds. The molecule has 3 aromatic rings. The third-order valence-corrected chi connectivity index (χ3v) is 4.66. The van der Waals surface area contributed by atoms with Gasteiger partial charge in [-0.2, -0.15) is 0 Å². The second kappa shape index (κ2) is 8.35. The molecule has 0 fully saturated rings. The number of anilines is 2. The number of nitrogens with zero attached hydrogens (tertiary/aromatic N) is 1. The molecular formula is C22H23N3O2S. The Morgan fingerprint density at radius 2 is 1.79 bits per heavy atom. The number of carbonyl (C=O) groups is 2. The lowest BCUT2D eigenvalue weighted by atomic mass is 9.92. The van der Waals surface area contributed by atoms with Gasteiger partial charge >= 0.3 is 0 Å². The number of aromatic nitrogens is 1. The van der Waals surface area contributed by atoms with E-state index < -0.39 is 0 Å². The Labute approximate surface area is 168 Å². The van der Waals surface area contributed by atoms with E-state index in [9.17, 15) is 9.59 Å². The molecular weight excluding hydrogens is 370 g/mol. The first-order valence-corrected chi connectivity index (χ1v) is 9.90. The predicted octanol–water partition coefficient (Wildman–Crippen LogP) is 5.44. The van der Waals surface area contributed by atoms with E-state index in [0.717, 1.165) is 11.1 Å². The van der Waals surface area contributed by atoms with E-state index in [-0.39, 0.29) is 17.2 Å². The minimum atomic E-state index is -0.235. The Hall–Kier alpha value is -2.99. The Morgan fingerprint density at radius 3 is 2.43 bits per heavy atom. The summed E-state index contributed by atoms with van der Waals surface area (Å²) in [5, 5.41) is 8.12. The zero-order valence-electron chi connectivity index (χ0n) is 16.2. The number of hydrogen-bond acceptors (Lipinski definition) is 4. The van der Waals surface area contributed by atoms with Gasteiger partial charge in [0.25, 0.3) is 5.91 Å². The number of hydrogen-bond donors (Lipinski definition) is 2. The molecule has 0 radical (unpaired) electrons. The normalized spacial score (nSPS) is 11.1. The fourth-order valence-electron chi connectivity index (χ4n) is 2.81. The van der Waals surface area contributed by atoms with Gasteiger partial charge in [-0.1, -0.05) is 51.1 Å². The van der Waals surface area contributed by atoms with Crippen molar-refractivity contribution in [2.75, 3.05) is 10.6 Å². The molecule has 1 aromatic heterocycles. The molecule has 1 heterocycles. The van der Waals surface area contributed by atoms with Crippen molar-refractivity contribution in [1.29, 1.82) is 0 Å². The van der Waals surface area contributed by atoms with E-state index in [1.807, 2.05) is 62.5 Å². The molecule has 6 heteroatoms. The van der Waals surface area contributed by atoms with Crippen molar-refractivity contribution in [3.63, 3.8) is 0 Å². The van der Waals surface area contributed by atoms with Crippen molar-refractivity contribution in [3.05, 3.63) is 65.7 Å². The van der Waals surface area contributed by atoms with Gasteiger partial charge in [-0.25, -0.2) is 4.98 Å². The minimum Gasteiger partial charge on any atom is -0.326 e. The first-order valence-electron chi connectivity index (χ1n) is 9.02. The van der Waals surface area contributed by atoms with Crippen LogP contribution in [0, 0.1) is 5.41 Å². The molecule has 2 N–H and O–H groups in total. The van der Waals surface area contributed by atoms with Crippen LogP contribution in [-0.4, -0.2) is 16.8 Å². The standard InChI is InChI=1S/C22H23N3O2S/c1-22(2,3)14-19(26)24-16-9-10-17(20(27)25-21-23-11-12-28-21)18(13-16)15-7-5-4-6-8-15/h4-13H,14H2,1-3H3,(H,24,26)(H,23,25,27). The molecule has 0 aliphatic carbocycles. The smallest absolute Gasteiger partial charge is 0.258 e. The van der Waals surface area contributed by atoms with Crippen LogP contribution in [0.15, 0.2) is 60.1 Å². The first kappa shape index (κ1) is 19.8. The second-order valence-corrected chi connectivity index (χ2v) is 8.60. The number of amides is 2. The Morgan fingerprint density at radius 1 is 1.04 bits per heavy atom. The fourth-order valence-corrected chi connectivity index (χ4v) is 3.34. The van der Waals surface area contributed by atoms with Gasteiger partial charge in [0.15, 0.2) is 5.13 Å². The van der Waals surface area contributed by atoms with E-state index in [1.54, 1.807) is 18.3 Å². The molecule has 0 aliphatic heterocycles. The Bertz CT molecular complexity index is 961. The summed E-state index contributed by atoms with van der Waals surface area (Å²) in [7, 11) is 0. The van der Waals surface area contributed by atoms with Crippen LogP contribution < -0.4 is 10.6 Å². The highest BCUT2D eigenvalue weighted by atomic mass is 32.1. The van der Waals surface area contributed by atoms with Crippen LogP contribution in [0.5, 0.6) is 0 Å². The zero-order chi connectivity index (χ0) is 20.1. The van der Waals surface area contributed by atoms with E-state index >= 15 is 0 Å². The molecule has 28 heavy (non-hydrogen) atoms. The fraction of sp³-hybridized carbons (Fsp3) is 0.227. The molecule has 2 aromatic carbocycles. The SMILES string of the molecule is CC(C)(C)CC(=O)Nc1ccc(C(=O)Nc2nccs2)c(-c2ccccc2)c1. The van der Waals surface area contributed by atoms with Crippen molar-refractivity contribution in [3.8, 4) is 11.1 Å². The van der Waals surface area contributed by atoms with Crippen LogP contribution in [0.2, 0.25) is 0 Å². The van der Waals surface area contributed by atoms with Gasteiger partial charge in [-0.3, -0.25) is 14.9 Å². The monoisotopic (exact) mass is 393 g/mol. The van der Waals surface area contributed by atoms with Gasteiger partial charge in [0, 0.05) is 29.2 Å². The molecule has 144 valence electrons. The molecule has 0 spiro atoms. The number of nitrogens with one attached hydrogen (secondary N) is 2. The lowest BCUT2D eigenvalue weighted by Crippen LogP contribution is -2.20. The maximum Gasteiger partial charge on any atom is 0.258 e. The summed E-state index contributed by atoms with van der Waals surface area (Å²) >= 11 is 1.36. The summed E-state index contributed by atoms with van der Waals surface area (Å²) < 4.78 is 0. The van der Waals surface area contributed by atoms with Crippen LogP contribution in [-0.2, 0) is 4.79 Å². The lowest BCUT2D eigenvalue weighted by Gasteiger charge is -2.18.